The van der Waals surface area contributed by atoms with E-state index in [2.05, 4.69) is 16.8 Å². The number of hydrogen-bond acceptors (Lipinski definition) is 5. The number of H-pyrrole nitrogens is 1. The molecule has 0 aliphatic carbocycles. The summed E-state index contributed by atoms with van der Waals surface area (Å²) in [5.41, 5.74) is -1.12. The first kappa shape index (κ1) is 13.5. The van der Waals surface area contributed by atoms with E-state index in [-0.39, 0.29) is 24.8 Å². The Balaban J connectivity index is 2.40. The van der Waals surface area contributed by atoms with Crippen molar-refractivity contribution >= 4 is 0 Å². The van der Waals surface area contributed by atoms with Gasteiger partial charge < -0.3 is 14.9 Å². The summed E-state index contributed by atoms with van der Waals surface area (Å²) in [6, 6.07) is 0. The molecular weight excluding hydrogens is 252 g/mol. The average molecular weight is 265 g/mol. The van der Waals surface area contributed by atoms with Gasteiger partial charge in [-0.3, -0.25) is 14.3 Å². The highest BCUT2D eigenvalue weighted by Gasteiger charge is 2.36. The Bertz CT molecular complexity index is 636. The van der Waals surface area contributed by atoms with Gasteiger partial charge in [0.1, 0.15) is 11.7 Å². The van der Waals surface area contributed by atoms with Gasteiger partial charge in [-0.1, -0.05) is 5.92 Å². The van der Waals surface area contributed by atoms with E-state index in [0.717, 1.165) is 4.57 Å². The number of hydrogen-bond donors (Lipinski definition) is 3. The van der Waals surface area contributed by atoms with Gasteiger partial charge in [0.2, 0.25) is 6.23 Å². The van der Waals surface area contributed by atoms with Gasteiger partial charge in [0.25, 0.3) is 5.56 Å². The molecule has 1 aromatic heterocycles. The van der Waals surface area contributed by atoms with Crippen LogP contribution in [0.3, 0.4) is 0 Å². The Morgan fingerprint density at radius 2 is 2.32 bits per heavy atom. The predicted octanol–water partition coefficient (Wildman–Crippen LogP) is -1.61. The Morgan fingerprint density at radius 3 is 2.89 bits per heavy atom. The molecular formula is C12H13N2O5. The molecule has 3 N–H and O–H groups in total. The molecule has 0 unspecified atom stereocenters. The minimum absolute atomic E-state index is 0.0795. The van der Waals surface area contributed by atoms with Crippen molar-refractivity contribution in [2.24, 2.45) is 0 Å². The second kappa shape index (κ2) is 5.40. The van der Waals surface area contributed by atoms with Crippen molar-refractivity contribution in [2.75, 3.05) is 6.61 Å². The molecule has 0 aromatic carbocycles. The van der Waals surface area contributed by atoms with Gasteiger partial charge in [0.15, 0.2) is 0 Å². The maximum absolute atomic E-state index is 11.7. The van der Waals surface area contributed by atoms with Crippen LogP contribution in [0.1, 0.15) is 18.9 Å². The maximum Gasteiger partial charge on any atom is 0.330 e. The highest BCUT2D eigenvalue weighted by atomic mass is 16.5. The van der Waals surface area contributed by atoms with E-state index in [9.17, 15) is 14.7 Å². The van der Waals surface area contributed by atoms with E-state index in [0.29, 0.717) is 0 Å². The average Bonchev–Trinajstić information content (AvgIpc) is 2.74. The van der Waals surface area contributed by atoms with Crippen molar-refractivity contribution in [2.45, 2.75) is 25.6 Å². The second-order valence-corrected chi connectivity index (χ2v) is 4.05. The van der Waals surface area contributed by atoms with E-state index >= 15 is 0 Å². The number of nitrogens with zero attached hydrogens (tertiary/aromatic N) is 1. The molecule has 1 radical (unpaired) electrons. The molecule has 0 amide bonds. The van der Waals surface area contributed by atoms with Gasteiger partial charge in [-0.15, -0.1) is 5.92 Å². The summed E-state index contributed by atoms with van der Waals surface area (Å²) in [5.74, 6) is 5.14. The lowest BCUT2D eigenvalue weighted by molar-refractivity contribution is 0.000725. The minimum Gasteiger partial charge on any atom is -0.394 e. The van der Waals surface area contributed by atoms with Crippen LogP contribution in [0.15, 0.2) is 15.8 Å². The second-order valence-electron chi connectivity index (χ2n) is 4.05. The molecule has 1 saturated heterocycles. The standard InChI is InChI=1S/C12H13N2O5/c1-2-3-7-5-14(12(18)13-11(7)17)10-4-8(16)9(6-15)19-10/h5,8-9,15-16H,4,6H2,1H3,(H,13,17,18)/t8-,9+/m0/s1. The number of aromatic nitrogens is 2. The van der Waals surface area contributed by atoms with Gasteiger partial charge in [-0.25, -0.2) is 4.79 Å². The van der Waals surface area contributed by atoms with Gasteiger partial charge in [-0.2, -0.15) is 0 Å². The van der Waals surface area contributed by atoms with E-state index in [1.54, 1.807) is 6.92 Å². The third kappa shape index (κ3) is 2.61. The lowest BCUT2D eigenvalue weighted by Crippen LogP contribution is -2.34. The van der Waals surface area contributed by atoms with Gasteiger partial charge in [-0.05, 0) is 6.92 Å². The van der Waals surface area contributed by atoms with E-state index < -0.39 is 23.5 Å². The number of aliphatic hydroxyl groups is 2. The smallest absolute Gasteiger partial charge is 0.330 e. The first-order chi connectivity index (χ1) is 9.06. The molecule has 1 aliphatic rings. The highest BCUT2D eigenvalue weighted by molar-refractivity contribution is 5.29. The molecule has 2 atom stereocenters. The number of aromatic amines is 1. The Kier molecular flexibility index (Phi) is 3.85. The lowest BCUT2D eigenvalue weighted by atomic mass is 10.2. The van der Waals surface area contributed by atoms with Crippen LogP contribution in [0.5, 0.6) is 0 Å². The maximum atomic E-state index is 11.7. The van der Waals surface area contributed by atoms with Crippen LogP contribution in [0.25, 0.3) is 0 Å². The SMILES string of the molecule is CC#Cc1cn([C]2C[C@H](O)[C@@H](CO)O2)c(=O)[nH]c1=O. The zero-order valence-electron chi connectivity index (χ0n) is 10.2. The first-order valence-corrected chi connectivity index (χ1v) is 5.67. The molecule has 1 aliphatic heterocycles. The van der Waals surface area contributed by atoms with Crippen molar-refractivity contribution in [3.8, 4) is 11.8 Å². The van der Waals surface area contributed by atoms with Crippen LogP contribution in [-0.4, -0.2) is 38.6 Å². The van der Waals surface area contributed by atoms with E-state index in [1.165, 1.54) is 6.20 Å². The van der Waals surface area contributed by atoms with Crippen molar-refractivity contribution in [3.63, 3.8) is 0 Å². The van der Waals surface area contributed by atoms with Crippen LogP contribution < -0.4 is 11.2 Å². The molecule has 0 bridgehead atoms. The summed E-state index contributed by atoms with van der Waals surface area (Å²) in [7, 11) is 0. The van der Waals surface area contributed by atoms with Crippen molar-refractivity contribution in [1.29, 1.82) is 0 Å². The summed E-state index contributed by atoms with van der Waals surface area (Å²) in [6.07, 6.45) is -0.142. The quantitative estimate of drug-likeness (QED) is 0.558. The molecule has 1 fully saturated rings. The lowest BCUT2D eigenvalue weighted by Gasteiger charge is -2.12. The normalized spacial score (nSPS) is 23.1. The molecule has 0 spiro atoms. The number of nitrogens with one attached hydrogen (secondary N) is 1. The molecule has 2 heterocycles. The first-order valence-electron chi connectivity index (χ1n) is 5.67. The van der Waals surface area contributed by atoms with Crippen LogP contribution in [0.4, 0.5) is 0 Å². The largest absolute Gasteiger partial charge is 0.394 e. The Hall–Kier alpha value is -1.88. The third-order valence-corrected chi connectivity index (χ3v) is 2.75. The Labute approximate surface area is 108 Å². The van der Waals surface area contributed by atoms with Gasteiger partial charge in [0.05, 0.1) is 12.7 Å². The summed E-state index contributed by atoms with van der Waals surface area (Å²) in [5, 5.41) is 18.6. The molecule has 101 valence electrons. The third-order valence-electron chi connectivity index (χ3n) is 2.75. The fraction of sp³-hybridized carbons (Fsp3) is 0.417. The minimum atomic E-state index is -0.889. The highest BCUT2D eigenvalue weighted by Crippen LogP contribution is 2.26. The zero-order chi connectivity index (χ0) is 14.0. The van der Waals surface area contributed by atoms with E-state index in [4.69, 9.17) is 9.84 Å². The molecule has 7 nitrogen and oxygen atoms in total. The van der Waals surface area contributed by atoms with Crippen molar-refractivity contribution in [3.05, 3.63) is 38.8 Å². The molecule has 0 saturated carbocycles. The molecule has 2 rings (SSSR count). The monoisotopic (exact) mass is 265 g/mol. The molecule has 19 heavy (non-hydrogen) atoms. The Morgan fingerprint density at radius 1 is 1.58 bits per heavy atom. The number of rotatable bonds is 2. The van der Waals surface area contributed by atoms with Gasteiger partial charge in [0, 0.05) is 12.6 Å². The van der Waals surface area contributed by atoms with Gasteiger partial charge >= 0.3 is 5.69 Å². The van der Waals surface area contributed by atoms with Crippen LogP contribution >= 0.6 is 0 Å². The van der Waals surface area contributed by atoms with E-state index in [1.807, 2.05) is 0 Å². The number of ether oxygens (including phenoxy) is 1. The molecule has 7 heteroatoms. The fourth-order valence-corrected chi connectivity index (χ4v) is 1.81. The topological polar surface area (TPSA) is 105 Å². The summed E-state index contributed by atoms with van der Waals surface area (Å²) < 4.78 is 6.36. The van der Waals surface area contributed by atoms with Crippen LogP contribution in [-0.2, 0) is 4.74 Å². The van der Waals surface area contributed by atoms with Crippen molar-refractivity contribution in [1.82, 2.24) is 9.55 Å². The molecule has 1 aromatic rings. The summed E-state index contributed by atoms with van der Waals surface area (Å²) in [4.78, 5) is 25.3. The predicted molar refractivity (Wildman–Crippen MR) is 65.1 cm³/mol. The van der Waals surface area contributed by atoms with Crippen LogP contribution in [0, 0.1) is 18.1 Å². The fourth-order valence-electron chi connectivity index (χ4n) is 1.81. The van der Waals surface area contributed by atoms with Crippen LogP contribution in [0.2, 0.25) is 0 Å². The number of aliphatic hydroxyl groups excluding tert-OH is 2. The summed E-state index contributed by atoms with van der Waals surface area (Å²) in [6.45, 7) is 1.21. The zero-order valence-corrected chi connectivity index (χ0v) is 10.2. The van der Waals surface area contributed by atoms with Crippen molar-refractivity contribution < 1.29 is 14.9 Å². The summed E-state index contributed by atoms with van der Waals surface area (Å²) >= 11 is 0.